The summed E-state index contributed by atoms with van der Waals surface area (Å²) >= 11 is 0. The third-order valence-electron chi connectivity index (χ3n) is 5.45. The summed E-state index contributed by atoms with van der Waals surface area (Å²) in [5.41, 5.74) is 4.31. The Bertz CT molecular complexity index is 1110. The van der Waals surface area contributed by atoms with E-state index in [0.717, 1.165) is 42.8 Å². The Hall–Kier alpha value is -3.25. The number of hydrogen-bond donors (Lipinski definition) is 2. The Morgan fingerprint density at radius 1 is 1.00 bits per heavy atom. The van der Waals surface area contributed by atoms with Crippen LogP contribution in [0, 0.1) is 0 Å². The zero-order valence-electron chi connectivity index (χ0n) is 15.4. The highest BCUT2D eigenvalue weighted by Gasteiger charge is 2.16. The molecule has 0 unspecified atom stereocenters. The SMILES string of the molecule is Oc1ccccc1-c1cc2c(ccn2-c2ccc(C3CCNCC3)cn2)nn1. The molecular formula is C22H21N5O. The molecule has 2 N–H and O–H groups in total. The molecule has 0 amide bonds. The van der Waals surface area contributed by atoms with Crippen LogP contribution < -0.4 is 5.32 Å². The molecule has 5 rings (SSSR count). The normalized spacial score (nSPS) is 15.1. The van der Waals surface area contributed by atoms with Gasteiger partial charge < -0.3 is 10.4 Å². The minimum absolute atomic E-state index is 0.193. The number of para-hydroxylation sites is 1. The van der Waals surface area contributed by atoms with Gasteiger partial charge >= 0.3 is 0 Å². The monoisotopic (exact) mass is 371 g/mol. The number of nitrogens with one attached hydrogen (secondary N) is 1. The molecule has 1 fully saturated rings. The zero-order valence-corrected chi connectivity index (χ0v) is 15.4. The first kappa shape index (κ1) is 16.9. The molecular weight excluding hydrogens is 350 g/mol. The lowest BCUT2D eigenvalue weighted by molar-refractivity contribution is 0.459. The standard InChI is InChI=1S/C22H21N5O/c28-21-4-2-1-3-17(21)19-13-20-18(25-26-19)9-12-27(20)22-6-5-16(14-24-22)15-7-10-23-11-8-15/h1-6,9,12-15,23,28H,7-8,10-11H2. The molecule has 1 aromatic carbocycles. The molecule has 0 bridgehead atoms. The van der Waals surface area contributed by atoms with E-state index in [4.69, 9.17) is 4.98 Å². The van der Waals surface area contributed by atoms with Crippen LogP contribution in [0.3, 0.4) is 0 Å². The van der Waals surface area contributed by atoms with Gasteiger partial charge in [-0.3, -0.25) is 4.57 Å². The van der Waals surface area contributed by atoms with Gasteiger partial charge in [0.2, 0.25) is 0 Å². The second kappa shape index (κ2) is 7.05. The predicted octanol–water partition coefficient (Wildman–Crippen LogP) is 3.66. The summed E-state index contributed by atoms with van der Waals surface area (Å²) in [7, 11) is 0. The first-order valence-electron chi connectivity index (χ1n) is 9.60. The largest absolute Gasteiger partial charge is 0.507 e. The highest BCUT2D eigenvalue weighted by Crippen LogP contribution is 2.30. The van der Waals surface area contributed by atoms with Gasteiger partial charge in [0.15, 0.2) is 0 Å². The van der Waals surface area contributed by atoms with Crippen LogP contribution in [0.1, 0.15) is 24.3 Å². The molecule has 0 aliphatic carbocycles. The fourth-order valence-electron chi connectivity index (χ4n) is 3.89. The van der Waals surface area contributed by atoms with Gasteiger partial charge in [0, 0.05) is 18.0 Å². The van der Waals surface area contributed by atoms with E-state index < -0.39 is 0 Å². The molecule has 4 heterocycles. The van der Waals surface area contributed by atoms with Gasteiger partial charge in [-0.25, -0.2) is 4.98 Å². The molecule has 0 saturated carbocycles. The third-order valence-corrected chi connectivity index (χ3v) is 5.45. The topological polar surface area (TPSA) is 75.9 Å². The lowest BCUT2D eigenvalue weighted by Gasteiger charge is -2.22. The van der Waals surface area contributed by atoms with Gasteiger partial charge in [-0.05, 0) is 67.7 Å². The van der Waals surface area contributed by atoms with Crippen molar-refractivity contribution in [3.63, 3.8) is 0 Å². The van der Waals surface area contributed by atoms with Gasteiger partial charge in [-0.15, -0.1) is 10.2 Å². The number of aromatic nitrogens is 4. The Labute approximate surface area is 162 Å². The molecule has 140 valence electrons. The second-order valence-electron chi connectivity index (χ2n) is 7.18. The molecule has 1 saturated heterocycles. The van der Waals surface area contributed by atoms with Gasteiger partial charge in [-0.1, -0.05) is 18.2 Å². The summed E-state index contributed by atoms with van der Waals surface area (Å²) in [4.78, 5) is 4.71. The van der Waals surface area contributed by atoms with E-state index >= 15 is 0 Å². The van der Waals surface area contributed by atoms with Crippen molar-refractivity contribution in [3.05, 3.63) is 66.5 Å². The molecule has 0 spiro atoms. The van der Waals surface area contributed by atoms with Crippen molar-refractivity contribution in [2.24, 2.45) is 0 Å². The molecule has 3 aromatic heterocycles. The van der Waals surface area contributed by atoms with Crippen LogP contribution in [-0.2, 0) is 0 Å². The number of piperidine rings is 1. The zero-order chi connectivity index (χ0) is 18.9. The maximum atomic E-state index is 10.1. The van der Waals surface area contributed by atoms with E-state index in [9.17, 15) is 5.11 Å². The number of phenolic OH excluding ortho intramolecular Hbond substituents is 1. The molecule has 6 heteroatoms. The van der Waals surface area contributed by atoms with Crippen molar-refractivity contribution >= 4 is 11.0 Å². The summed E-state index contributed by atoms with van der Waals surface area (Å²) in [6, 6.07) is 15.3. The van der Waals surface area contributed by atoms with Crippen LogP contribution in [-0.4, -0.2) is 37.9 Å². The molecule has 0 atom stereocenters. The Morgan fingerprint density at radius 3 is 2.64 bits per heavy atom. The van der Waals surface area contributed by atoms with E-state index in [-0.39, 0.29) is 5.75 Å². The van der Waals surface area contributed by atoms with E-state index in [2.05, 4.69) is 27.6 Å². The number of pyridine rings is 1. The van der Waals surface area contributed by atoms with Crippen LogP contribution in [0.2, 0.25) is 0 Å². The van der Waals surface area contributed by atoms with Crippen molar-refractivity contribution in [2.75, 3.05) is 13.1 Å². The van der Waals surface area contributed by atoms with Crippen molar-refractivity contribution in [1.29, 1.82) is 0 Å². The van der Waals surface area contributed by atoms with Gasteiger partial charge in [-0.2, -0.15) is 0 Å². The van der Waals surface area contributed by atoms with Gasteiger partial charge in [0.05, 0.1) is 11.2 Å². The van der Waals surface area contributed by atoms with Crippen molar-refractivity contribution in [3.8, 4) is 22.8 Å². The summed E-state index contributed by atoms with van der Waals surface area (Å²) in [6.45, 7) is 2.14. The molecule has 28 heavy (non-hydrogen) atoms. The van der Waals surface area contributed by atoms with Gasteiger partial charge in [0.25, 0.3) is 0 Å². The van der Waals surface area contributed by atoms with Crippen LogP contribution in [0.15, 0.2) is 60.9 Å². The first-order chi connectivity index (χ1) is 13.8. The minimum Gasteiger partial charge on any atom is -0.507 e. The van der Waals surface area contributed by atoms with Crippen LogP contribution in [0.5, 0.6) is 5.75 Å². The summed E-state index contributed by atoms with van der Waals surface area (Å²) in [5.74, 6) is 1.63. The molecule has 1 aliphatic heterocycles. The molecule has 1 aliphatic rings. The first-order valence-corrected chi connectivity index (χ1v) is 9.60. The predicted molar refractivity (Wildman–Crippen MR) is 109 cm³/mol. The minimum atomic E-state index is 0.193. The summed E-state index contributed by atoms with van der Waals surface area (Å²) in [5, 5.41) is 22.1. The average Bonchev–Trinajstić information content (AvgIpc) is 3.18. The fourth-order valence-corrected chi connectivity index (χ4v) is 3.89. The number of fused-ring (bicyclic) bond motifs is 1. The van der Waals surface area contributed by atoms with Crippen molar-refractivity contribution < 1.29 is 5.11 Å². The number of hydrogen-bond acceptors (Lipinski definition) is 5. The number of phenols is 1. The second-order valence-corrected chi connectivity index (χ2v) is 7.18. The Morgan fingerprint density at radius 2 is 1.86 bits per heavy atom. The smallest absolute Gasteiger partial charge is 0.137 e. The highest BCUT2D eigenvalue weighted by molar-refractivity contribution is 5.82. The van der Waals surface area contributed by atoms with E-state index in [1.54, 1.807) is 12.1 Å². The maximum absolute atomic E-state index is 10.1. The number of benzene rings is 1. The van der Waals surface area contributed by atoms with E-state index in [1.165, 1.54) is 5.56 Å². The number of aromatic hydroxyl groups is 1. The Kier molecular flexibility index (Phi) is 4.25. The highest BCUT2D eigenvalue weighted by atomic mass is 16.3. The Balaban J connectivity index is 1.52. The fraction of sp³-hybridized carbons (Fsp3) is 0.227. The summed E-state index contributed by atoms with van der Waals surface area (Å²) in [6.07, 6.45) is 6.27. The van der Waals surface area contributed by atoms with Crippen LogP contribution >= 0.6 is 0 Å². The van der Waals surface area contributed by atoms with E-state index in [0.29, 0.717) is 17.2 Å². The number of rotatable bonds is 3. The molecule has 0 radical (unpaired) electrons. The quantitative estimate of drug-likeness (QED) is 0.575. The molecule has 4 aromatic rings. The van der Waals surface area contributed by atoms with Crippen LogP contribution in [0.25, 0.3) is 28.1 Å². The maximum Gasteiger partial charge on any atom is 0.137 e. The lowest BCUT2D eigenvalue weighted by Crippen LogP contribution is -2.26. The van der Waals surface area contributed by atoms with E-state index in [1.807, 2.05) is 41.2 Å². The van der Waals surface area contributed by atoms with Crippen molar-refractivity contribution in [1.82, 2.24) is 25.1 Å². The van der Waals surface area contributed by atoms with Crippen LogP contribution in [0.4, 0.5) is 0 Å². The number of nitrogens with zero attached hydrogens (tertiary/aromatic N) is 4. The average molecular weight is 371 g/mol. The summed E-state index contributed by atoms with van der Waals surface area (Å²) < 4.78 is 2.01. The van der Waals surface area contributed by atoms with Gasteiger partial charge in [0.1, 0.15) is 17.1 Å². The third kappa shape index (κ3) is 3.01. The lowest BCUT2D eigenvalue weighted by atomic mass is 9.91. The molecule has 6 nitrogen and oxygen atoms in total. The van der Waals surface area contributed by atoms with Crippen molar-refractivity contribution in [2.45, 2.75) is 18.8 Å².